The van der Waals surface area contributed by atoms with Crippen molar-refractivity contribution in [1.82, 2.24) is 0 Å². The molecule has 6 nitrogen and oxygen atoms in total. The summed E-state index contributed by atoms with van der Waals surface area (Å²) in [4.78, 5) is 42.8. The van der Waals surface area contributed by atoms with Crippen molar-refractivity contribution in [3.05, 3.63) is 68.8 Å². The number of rotatable bonds is 8. The molecule has 0 fully saturated rings. The first-order chi connectivity index (χ1) is 21.5. The average Bonchev–Trinajstić information content (AvgIpc) is 2.85. The molecule has 2 aromatic carbocycles. The molecule has 0 saturated heterocycles. The molecule has 0 aromatic heterocycles. The minimum absolute atomic E-state index is 0.128. The van der Waals surface area contributed by atoms with Crippen molar-refractivity contribution >= 4 is 17.2 Å². The van der Waals surface area contributed by atoms with Crippen LogP contribution in [-0.2, 0) is 47.1 Å². The Hall–Kier alpha value is -0.940. The Balaban J connectivity index is 3.79. The van der Waals surface area contributed by atoms with Crippen LogP contribution in [0.5, 0.6) is 0 Å². The molecule has 0 aliphatic carbocycles. The monoisotopic (exact) mass is 720 g/mol. The van der Waals surface area contributed by atoms with E-state index in [1.807, 2.05) is 13.8 Å². The van der Waals surface area contributed by atoms with Crippen LogP contribution in [0, 0.1) is 5.41 Å². The Labute approximate surface area is 302 Å². The molecule has 0 amide bonds. The first kappa shape index (κ1) is 44.2. The van der Waals surface area contributed by atoms with Crippen molar-refractivity contribution in [3.8, 4) is 0 Å². The Morgan fingerprint density at radius 2 is 0.694 bits per heavy atom. The maximum atomic E-state index is 11.3. The number of benzene rings is 2. The Morgan fingerprint density at radius 3 is 0.878 bits per heavy atom. The van der Waals surface area contributed by atoms with Gasteiger partial charge in [0, 0.05) is 5.41 Å². The zero-order valence-corrected chi connectivity index (χ0v) is 36.3. The van der Waals surface area contributed by atoms with E-state index in [1.165, 1.54) is 11.1 Å². The molecule has 0 atom stereocenters. The number of hydrogen-bond acceptors (Lipinski definition) is 6. The van der Waals surface area contributed by atoms with E-state index >= 15 is 0 Å². The van der Waals surface area contributed by atoms with Crippen molar-refractivity contribution in [1.29, 1.82) is 0 Å². The molecule has 0 aliphatic heterocycles. The van der Waals surface area contributed by atoms with Gasteiger partial charge in [0.15, 0.2) is 0 Å². The zero-order chi connectivity index (χ0) is 38.7. The van der Waals surface area contributed by atoms with E-state index in [4.69, 9.17) is 9.05 Å². The molecule has 0 radical (unpaired) electrons. The Bertz CT molecular complexity index is 1300. The van der Waals surface area contributed by atoms with Crippen LogP contribution in [0.3, 0.4) is 0 Å². The van der Waals surface area contributed by atoms with Crippen LogP contribution in [-0.4, -0.2) is 26.2 Å². The van der Waals surface area contributed by atoms with Gasteiger partial charge in [0.25, 0.3) is 0 Å². The van der Waals surface area contributed by atoms with Crippen molar-refractivity contribution < 1.29 is 28.6 Å². The van der Waals surface area contributed by atoms with E-state index in [1.54, 1.807) is 0 Å². The lowest BCUT2D eigenvalue weighted by Gasteiger charge is -2.53. The standard InChI is InChI=1S/C41H70O6P2/c1-34(2,3)26-21-28(36(7,8)9)32(29(22-26)37(10,11)12)41(47-49(44)45,40(19,20)25-46-48(42)43)33-30(38(13,14)15)23-27(35(4,5)6)24-31(33)39(16,17)18/h21-24,42-45H,25H2,1-20H3. The predicted molar refractivity (Wildman–Crippen MR) is 209 cm³/mol. The minimum Gasteiger partial charge on any atom is -0.328 e. The van der Waals surface area contributed by atoms with Gasteiger partial charge in [0.1, 0.15) is 5.60 Å². The van der Waals surface area contributed by atoms with Crippen molar-refractivity contribution in [3.63, 3.8) is 0 Å². The van der Waals surface area contributed by atoms with Gasteiger partial charge in [0.05, 0.1) is 6.61 Å². The number of hydrogen-bond donors (Lipinski definition) is 4. The predicted octanol–water partition coefficient (Wildman–Crippen LogP) is 11.2. The topological polar surface area (TPSA) is 99.4 Å². The second kappa shape index (κ2) is 14.1. The molecule has 4 N–H and O–H groups in total. The van der Waals surface area contributed by atoms with Gasteiger partial charge in [-0.25, -0.2) is 0 Å². The summed E-state index contributed by atoms with van der Waals surface area (Å²) >= 11 is 0. The Morgan fingerprint density at radius 1 is 0.429 bits per heavy atom. The van der Waals surface area contributed by atoms with Crippen LogP contribution in [0.25, 0.3) is 0 Å². The molecule has 0 aliphatic rings. The highest BCUT2D eigenvalue weighted by Crippen LogP contribution is 2.62. The molecule has 0 bridgehead atoms. The van der Waals surface area contributed by atoms with Crippen molar-refractivity contribution in [2.75, 3.05) is 6.61 Å². The van der Waals surface area contributed by atoms with Gasteiger partial charge in [-0.05, 0) is 77.0 Å². The fourth-order valence-electron chi connectivity index (χ4n) is 6.73. The highest BCUT2D eigenvalue weighted by Gasteiger charge is 2.58. The summed E-state index contributed by atoms with van der Waals surface area (Å²) < 4.78 is 12.7. The summed E-state index contributed by atoms with van der Waals surface area (Å²) in [7, 11) is -5.66. The first-order valence-corrected chi connectivity index (χ1v) is 19.9. The summed E-state index contributed by atoms with van der Waals surface area (Å²) in [6, 6.07) is 9.11. The van der Waals surface area contributed by atoms with Crippen LogP contribution in [0.1, 0.15) is 183 Å². The molecule has 2 rings (SSSR count). The summed E-state index contributed by atoms with van der Waals surface area (Å²) in [5.41, 5.74) is 3.58. The van der Waals surface area contributed by atoms with Gasteiger partial charge in [-0.1, -0.05) is 163 Å². The molecule has 0 saturated carbocycles. The van der Waals surface area contributed by atoms with Gasteiger partial charge in [0.2, 0.25) is 0 Å². The zero-order valence-electron chi connectivity index (χ0n) is 34.5. The third kappa shape index (κ3) is 9.74. The molecular formula is C41H70O6P2. The van der Waals surface area contributed by atoms with E-state index < -0.39 is 49.9 Å². The summed E-state index contributed by atoms with van der Waals surface area (Å²) in [5.74, 6) is 0. The lowest BCUT2D eigenvalue weighted by Crippen LogP contribution is -2.52. The molecule has 2 aromatic rings. The lowest BCUT2D eigenvalue weighted by molar-refractivity contribution is -0.0507. The third-order valence-electron chi connectivity index (χ3n) is 9.66. The average molecular weight is 721 g/mol. The molecule has 0 spiro atoms. The van der Waals surface area contributed by atoms with E-state index in [2.05, 4.69) is 149 Å². The second-order valence-corrected chi connectivity index (χ2v) is 22.3. The van der Waals surface area contributed by atoms with Gasteiger partial charge in [-0.2, -0.15) is 0 Å². The van der Waals surface area contributed by atoms with E-state index in [0.29, 0.717) is 0 Å². The SMILES string of the molecule is CC(C)(C)c1cc(C(C)(C)C)c(C(OP(O)O)(c2c(C(C)(C)C)cc(C(C)(C)C)cc2C(C)(C)C)C(C)(C)COP(O)O)c(C(C)(C)C)c1. The van der Waals surface area contributed by atoms with Gasteiger partial charge in [-0.3, -0.25) is 4.52 Å². The van der Waals surface area contributed by atoms with Crippen molar-refractivity contribution in [2.45, 2.75) is 177 Å². The van der Waals surface area contributed by atoms with Crippen LogP contribution in [0.2, 0.25) is 0 Å². The molecule has 8 heteroatoms. The lowest BCUT2D eigenvalue weighted by atomic mass is 9.56. The third-order valence-corrected chi connectivity index (χ3v) is 10.5. The molecular weight excluding hydrogens is 650 g/mol. The summed E-state index contributed by atoms with van der Waals surface area (Å²) in [6.07, 6.45) is 0. The normalized spacial score (nSPS) is 14.7. The summed E-state index contributed by atoms with van der Waals surface area (Å²) in [6.45, 7) is 43.5. The second-order valence-electron chi connectivity index (χ2n) is 20.8. The molecule has 49 heavy (non-hydrogen) atoms. The Kier molecular flexibility index (Phi) is 12.8. The van der Waals surface area contributed by atoms with E-state index in [9.17, 15) is 19.6 Å². The van der Waals surface area contributed by atoms with Crippen molar-refractivity contribution in [2.24, 2.45) is 5.41 Å². The highest BCUT2D eigenvalue weighted by molar-refractivity contribution is 7.39. The van der Waals surface area contributed by atoms with Crippen LogP contribution >= 0.6 is 17.2 Å². The largest absolute Gasteiger partial charge is 0.328 e. The van der Waals surface area contributed by atoms with Gasteiger partial charge >= 0.3 is 17.2 Å². The van der Waals surface area contributed by atoms with E-state index in [0.717, 1.165) is 33.4 Å². The molecule has 0 heterocycles. The minimum atomic E-state index is -2.95. The van der Waals surface area contributed by atoms with E-state index in [-0.39, 0.29) is 17.4 Å². The van der Waals surface area contributed by atoms with Gasteiger partial charge < -0.3 is 24.1 Å². The molecule has 0 unspecified atom stereocenters. The quantitative estimate of drug-likeness (QED) is 0.203. The fourth-order valence-corrected chi connectivity index (χ4v) is 7.85. The summed E-state index contributed by atoms with van der Waals surface area (Å²) in [5, 5.41) is 0. The first-order valence-electron chi connectivity index (χ1n) is 17.6. The van der Waals surface area contributed by atoms with Crippen LogP contribution < -0.4 is 0 Å². The fraction of sp³-hybridized carbons (Fsp3) is 0.707. The maximum absolute atomic E-state index is 11.3. The van der Waals surface area contributed by atoms with Gasteiger partial charge in [-0.15, -0.1) is 0 Å². The highest BCUT2D eigenvalue weighted by atomic mass is 31.2. The maximum Gasteiger partial charge on any atom is 0.328 e. The van der Waals surface area contributed by atoms with Crippen LogP contribution in [0.4, 0.5) is 0 Å². The smallest absolute Gasteiger partial charge is 0.328 e. The molecule has 280 valence electrons. The van der Waals surface area contributed by atoms with Crippen LogP contribution in [0.15, 0.2) is 24.3 Å².